The minimum absolute atomic E-state index is 0.503. The highest BCUT2D eigenvalue weighted by Crippen LogP contribution is 2.09. The van der Waals surface area contributed by atoms with Crippen molar-refractivity contribution in [2.45, 2.75) is 33.5 Å². The zero-order valence-corrected chi connectivity index (χ0v) is 11.4. The number of benzene rings is 1. The molecule has 1 aromatic carbocycles. The zero-order chi connectivity index (χ0) is 14.3. The average Bonchev–Trinajstić information content (AvgIpc) is 2.35. The second-order valence-electron chi connectivity index (χ2n) is 4.04. The number of aryl methyl sites for hydroxylation is 1. The van der Waals surface area contributed by atoms with E-state index in [4.69, 9.17) is 9.47 Å². The van der Waals surface area contributed by atoms with Gasteiger partial charge in [-0.2, -0.15) is 0 Å². The molecule has 102 valence electrons. The number of rotatable bonds is 5. The molecule has 0 aliphatic rings. The number of ether oxygens (including phenoxy) is 2. The predicted molar refractivity (Wildman–Crippen MR) is 72.2 cm³/mol. The van der Waals surface area contributed by atoms with Crippen LogP contribution in [0.25, 0.3) is 6.08 Å². The molecule has 0 aromatic heterocycles. The summed E-state index contributed by atoms with van der Waals surface area (Å²) >= 11 is 0. The smallest absolute Gasteiger partial charge is 0.305 e. The molecule has 4 nitrogen and oxygen atoms in total. The molecule has 0 fully saturated rings. The van der Waals surface area contributed by atoms with Crippen molar-refractivity contribution in [1.29, 1.82) is 0 Å². The Labute approximate surface area is 113 Å². The van der Waals surface area contributed by atoms with Crippen LogP contribution in [0.1, 0.15) is 31.9 Å². The average molecular weight is 262 g/mol. The van der Waals surface area contributed by atoms with E-state index in [1.54, 1.807) is 6.08 Å². The quantitative estimate of drug-likeness (QED) is 0.604. The lowest BCUT2D eigenvalue weighted by Gasteiger charge is -2.12. The molecule has 0 N–H and O–H groups in total. The lowest BCUT2D eigenvalue weighted by Crippen LogP contribution is -2.19. The third kappa shape index (κ3) is 5.86. The van der Waals surface area contributed by atoms with Crippen LogP contribution in [0.2, 0.25) is 0 Å². The Morgan fingerprint density at radius 2 is 1.63 bits per heavy atom. The number of hydrogen-bond donors (Lipinski definition) is 0. The summed E-state index contributed by atoms with van der Waals surface area (Å²) in [6.07, 6.45) is 3.27. The minimum Gasteiger partial charge on any atom is -0.421 e. The maximum atomic E-state index is 10.9. The molecule has 1 rings (SSSR count). The van der Waals surface area contributed by atoms with Gasteiger partial charge in [-0.15, -0.1) is 0 Å². The monoisotopic (exact) mass is 262 g/mol. The molecule has 0 radical (unpaired) electrons. The van der Waals surface area contributed by atoms with E-state index in [9.17, 15) is 9.59 Å². The molecule has 0 amide bonds. The standard InChI is InChI=1S/C15H18O4/c1-4-13-5-7-14(8-6-13)9-10-15(18-11(2)16)19-12(3)17/h5-10,15H,4H2,1-3H3. The highest BCUT2D eigenvalue weighted by molar-refractivity contribution is 5.68. The molecular formula is C15H18O4. The molecule has 4 heteroatoms. The molecule has 0 aliphatic carbocycles. The van der Waals surface area contributed by atoms with Crippen LogP contribution in [0.4, 0.5) is 0 Å². The van der Waals surface area contributed by atoms with Gasteiger partial charge < -0.3 is 9.47 Å². The van der Waals surface area contributed by atoms with Gasteiger partial charge in [-0.1, -0.05) is 37.3 Å². The molecule has 0 heterocycles. The molecule has 1 aromatic rings. The van der Waals surface area contributed by atoms with Crippen LogP contribution in [0, 0.1) is 0 Å². The Morgan fingerprint density at radius 1 is 1.11 bits per heavy atom. The van der Waals surface area contributed by atoms with Crippen molar-refractivity contribution in [3.8, 4) is 0 Å². The van der Waals surface area contributed by atoms with Gasteiger partial charge in [0.05, 0.1) is 0 Å². The summed E-state index contributed by atoms with van der Waals surface area (Å²) in [6.45, 7) is 4.61. The Kier molecular flexibility index (Phi) is 5.79. The summed E-state index contributed by atoms with van der Waals surface area (Å²) < 4.78 is 9.72. The van der Waals surface area contributed by atoms with Crippen LogP contribution in [-0.2, 0) is 25.5 Å². The molecule has 0 aliphatic heterocycles. The largest absolute Gasteiger partial charge is 0.421 e. The van der Waals surface area contributed by atoms with Gasteiger partial charge in [0.2, 0.25) is 0 Å². The van der Waals surface area contributed by atoms with E-state index in [-0.39, 0.29) is 0 Å². The molecular weight excluding hydrogens is 244 g/mol. The van der Waals surface area contributed by atoms with Crippen LogP contribution in [0.15, 0.2) is 30.3 Å². The number of carbonyl (C=O) groups excluding carboxylic acids is 2. The molecule has 0 saturated heterocycles. The van der Waals surface area contributed by atoms with E-state index in [0.29, 0.717) is 0 Å². The predicted octanol–water partition coefficient (Wildman–Crippen LogP) is 2.71. The number of hydrogen-bond acceptors (Lipinski definition) is 4. The lowest BCUT2D eigenvalue weighted by atomic mass is 10.1. The lowest BCUT2D eigenvalue weighted by molar-refractivity contribution is -0.176. The first-order chi connectivity index (χ1) is 9.01. The van der Waals surface area contributed by atoms with Crippen LogP contribution < -0.4 is 0 Å². The summed E-state index contributed by atoms with van der Waals surface area (Å²) in [5.74, 6) is -1.01. The van der Waals surface area contributed by atoms with E-state index in [2.05, 4.69) is 6.92 Å². The highest BCUT2D eigenvalue weighted by Gasteiger charge is 2.10. The fraction of sp³-hybridized carbons (Fsp3) is 0.333. The van der Waals surface area contributed by atoms with Crippen molar-refractivity contribution in [3.63, 3.8) is 0 Å². The zero-order valence-electron chi connectivity index (χ0n) is 11.4. The fourth-order valence-electron chi connectivity index (χ4n) is 1.48. The summed E-state index contributed by atoms with van der Waals surface area (Å²) in [5, 5.41) is 0. The van der Waals surface area contributed by atoms with Crippen molar-refractivity contribution < 1.29 is 19.1 Å². The molecule has 0 spiro atoms. The van der Waals surface area contributed by atoms with Gasteiger partial charge in [0.15, 0.2) is 0 Å². The number of esters is 2. The van der Waals surface area contributed by atoms with E-state index < -0.39 is 18.2 Å². The summed E-state index contributed by atoms with van der Waals surface area (Å²) in [6, 6.07) is 7.94. The van der Waals surface area contributed by atoms with E-state index in [1.807, 2.05) is 24.3 Å². The van der Waals surface area contributed by atoms with Crippen LogP contribution in [0.3, 0.4) is 0 Å². The Balaban J connectivity index is 2.72. The van der Waals surface area contributed by atoms with Gasteiger partial charge in [0, 0.05) is 13.8 Å². The van der Waals surface area contributed by atoms with Gasteiger partial charge in [0.1, 0.15) is 0 Å². The van der Waals surface area contributed by atoms with Crippen molar-refractivity contribution in [2.24, 2.45) is 0 Å². The van der Waals surface area contributed by atoms with Crippen molar-refractivity contribution >= 4 is 18.0 Å². The van der Waals surface area contributed by atoms with E-state index in [1.165, 1.54) is 25.5 Å². The van der Waals surface area contributed by atoms with Gasteiger partial charge >= 0.3 is 11.9 Å². The third-order valence-corrected chi connectivity index (χ3v) is 2.40. The molecule has 0 unspecified atom stereocenters. The first-order valence-electron chi connectivity index (χ1n) is 6.13. The molecule has 0 bridgehead atoms. The third-order valence-electron chi connectivity index (χ3n) is 2.40. The first-order valence-corrected chi connectivity index (χ1v) is 6.13. The van der Waals surface area contributed by atoms with Gasteiger partial charge in [-0.3, -0.25) is 9.59 Å². The summed E-state index contributed by atoms with van der Waals surface area (Å²) in [7, 11) is 0. The Morgan fingerprint density at radius 3 is 2.05 bits per heavy atom. The Bertz CT molecular complexity index is 444. The minimum atomic E-state index is -0.985. The topological polar surface area (TPSA) is 52.6 Å². The van der Waals surface area contributed by atoms with E-state index >= 15 is 0 Å². The number of carbonyl (C=O) groups is 2. The molecule has 0 atom stereocenters. The van der Waals surface area contributed by atoms with Crippen LogP contribution in [-0.4, -0.2) is 18.2 Å². The van der Waals surface area contributed by atoms with Crippen LogP contribution in [0.5, 0.6) is 0 Å². The fourth-order valence-corrected chi connectivity index (χ4v) is 1.48. The second-order valence-corrected chi connectivity index (χ2v) is 4.04. The van der Waals surface area contributed by atoms with Gasteiger partial charge in [-0.25, -0.2) is 0 Å². The maximum Gasteiger partial charge on any atom is 0.305 e. The SMILES string of the molecule is CCc1ccc(C=CC(OC(C)=O)OC(C)=O)cc1. The maximum absolute atomic E-state index is 10.9. The normalized spacial score (nSPS) is 10.7. The second kappa shape index (κ2) is 7.36. The first kappa shape index (κ1) is 15.0. The van der Waals surface area contributed by atoms with Crippen molar-refractivity contribution in [2.75, 3.05) is 0 Å². The van der Waals surface area contributed by atoms with Gasteiger partial charge in [-0.05, 0) is 23.6 Å². The highest BCUT2D eigenvalue weighted by atomic mass is 16.7. The summed E-state index contributed by atoms with van der Waals surface area (Å²) in [4.78, 5) is 21.8. The van der Waals surface area contributed by atoms with Crippen molar-refractivity contribution in [1.82, 2.24) is 0 Å². The van der Waals surface area contributed by atoms with E-state index in [0.717, 1.165) is 12.0 Å². The van der Waals surface area contributed by atoms with Gasteiger partial charge in [0.25, 0.3) is 6.29 Å². The Hall–Kier alpha value is -2.10. The van der Waals surface area contributed by atoms with Crippen molar-refractivity contribution in [3.05, 3.63) is 41.5 Å². The van der Waals surface area contributed by atoms with Crippen LogP contribution >= 0.6 is 0 Å². The molecule has 19 heavy (non-hydrogen) atoms. The molecule has 0 saturated carbocycles. The summed E-state index contributed by atoms with van der Waals surface area (Å²) in [5.41, 5.74) is 2.19.